The number of aliphatic hydroxyl groups is 5. The highest BCUT2D eigenvalue weighted by atomic mass is 19.4. The smallest absolute Gasteiger partial charge is 0.393 e. The third-order valence-electron chi connectivity index (χ3n) is 24.7. The summed E-state index contributed by atoms with van der Waals surface area (Å²) >= 11 is 0. The molecule has 0 unspecified atom stereocenters. The summed E-state index contributed by atoms with van der Waals surface area (Å²) in [5, 5.41) is 57.6. The molecule has 21 atom stereocenters. The molecule has 0 aliphatic heterocycles. The predicted molar refractivity (Wildman–Crippen MR) is 271 cm³/mol. The molecule has 0 bridgehead atoms. The van der Waals surface area contributed by atoms with E-state index < -0.39 is 29.6 Å². The molecule has 8 fully saturated rings. The van der Waals surface area contributed by atoms with E-state index in [4.69, 9.17) is 0 Å². The molecular formula is C62H91F3O5. The van der Waals surface area contributed by atoms with Gasteiger partial charge in [0.2, 0.25) is 0 Å². The van der Waals surface area contributed by atoms with Crippen molar-refractivity contribution in [3.8, 4) is 0 Å². The molecule has 0 spiro atoms. The van der Waals surface area contributed by atoms with E-state index in [2.05, 4.69) is 77.9 Å². The zero-order chi connectivity index (χ0) is 49.8. The highest BCUT2D eigenvalue weighted by Crippen LogP contribution is 2.71. The Balaban J connectivity index is 0.701. The Morgan fingerprint density at radius 2 is 1.06 bits per heavy atom. The van der Waals surface area contributed by atoms with Crippen molar-refractivity contribution in [3.63, 3.8) is 0 Å². The van der Waals surface area contributed by atoms with Crippen molar-refractivity contribution in [2.24, 2.45) is 92.7 Å². The highest BCUT2D eigenvalue weighted by Gasteiger charge is 2.66. The molecule has 2 aromatic rings. The van der Waals surface area contributed by atoms with Crippen LogP contribution < -0.4 is 0 Å². The van der Waals surface area contributed by atoms with Gasteiger partial charge in [-0.2, -0.15) is 13.2 Å². The fourth-order valence-electron chi connectivity index (χ4n) is 20.3. The highest BCUT2D eigenvalue weighted by molar-refractivity contribution is 5.25. The van der Waals surface area contributed by atoms with Crippen LogP contribution in [0.15, 0.2) is 54.6 Å². The van der Waals surface area contributed by atoms with Crippen LogP contribution in [0.4, 0.5) is 13.2 Å². The van der Waals surface area contributed by atoms with Gasteiger partial charge in [-0.05, 0) is 244 Å². The van der Waals surface area contributed by atoms with E-state index >= 15 is 0 Å². The third kappa shape index (κ3) is 8.71. The van der Waals surface area contributed by atoms with Crippen molar-refractivity contribution in [2.45, 2.75) is 218 Å². The first kappa shape index (κ1) is 51.5. The minimum absolute atomic E-state index is 0.0181. The largest absolute Gasteiger partial charge is 0.417 e. The van der Waals surface area contributed by atoms with Crippen LogP contribution >= 0.6 is 0 Å². The quantitative estimate of drug-likeness (QED) is 0.146. The number of benzene rings is 2. The van der Waals surface area contributed by atoms with E-state index in [-0.39, 0.29) is 59.4 Å². The standard InChI is InChI=1S/C62H91F3O5/c1-38(53(66)34-41-10-8-7-9-11-41)47-20-22-49-45-18-16-43-36-60(69,32-30-56(43,3)51(45)25-27-58(47,49)5)29-24-40-12-14-42(15-13-40)55(68)35-54(67)39(2)48-21-23-50-46-19-17-44-37-61(70,62(63,64)65)33-31-57(44,4)52(46)26-28-59(48,50)6/h7-15,38-39,43-55,66-70H,16-37H2,1-6H3/t38-,39-,43-,44-,45-,46-,47+,48+,49-,50-,51-,52-,53-,54+,55+,56-,57-,58+,59+,60-,61-/m0/s1. The summed E-state index contributed by atoms with van der Waals surface area (Å²) in [6.45, 7) is 14.3. The molecule has 8 aliphatic rings. The number of halogens is 3. The predicted octanol–water partition coefficient (Wildman–Crippen LogP) is 13.6. The number of aryl methyl sites for hydroxylation is 1. The molecule has 0 amide bonds. The molecule has 390 valence electrons. The van der Waals surface area contributed by atoms with Gasteiger partial charge in [0.15, 0.2) is 5.60 Å². The molecule has 8 heteroatoms. The molecule has 0 saturated heterocycles. The molecule has 70 heavy (non-hydrogen) atoms. The van der Waals surface area contributed by atoms with Gasteiger partial charge >= 0.3 is 6.18 Å². The van der Waals surface area contributed by atoms with Crippen molar-refractivity contribution < 1.29 is 38.7 Å². The number of rotatable bonds is 12. The second kappa shape index (κ2) is 18.7. The van der Waals surface area contributed by atoms with Crippen LogP contribution in [0.1, 0.15) is 193 Å². The normalized spacial score (nSPS) is 45.7. The second-order valence-corrected chi connectivity index (χ2v) is 27.5. The van der Waals surface area contributed by atoms with Gasteiger partial charge in [-0.3, -0.25) is 0 Å². The maximum absolute atomic E-state index is 13.9. The maximum atomic E-state index is 13.9. The van der Waals surface area contributed by atoms with Crippen LogP contribution in [0.2, 0.25) is 0 Å². The zero-order valence-corrected chi connectivity index (χ0v) is 43.8. The van der Waals surface area contributed by atoms with Crippen LogP contribution in [0.25, 0.3) is 0 Å². The lowest BCUT2D eigenvalue weighted by atomic mass is 9.43. The Bertz CT molecular complexity index is 2130. The van der Waals surface area contributed by atoms with Gasteiger partial charge in [-0.25, -0.2) is 0 Å². The van der Waals surface area contributed by atoms with E-state index in [1.165, 1.54) is 49.7 Å². The lowest BCUT2D eigenvalue weighted by molar-refractivity contribution is -0.290. The Morgan fingerprint density at radius 1 is 0.543 bits per heavy atom. The topological polar surface area (TPSA) is 101 Å². The minimum atomic E-state index is -4.58. The Morgan fingerprint density at radius 3 is 1.61 bits per heavy atom. The summed E-state index contributed by atoms with van der Waals surface area (Å²) in [4.78, 5) is 0. The van der Waals surface area contributed by atoms with E-state index in [1.54, 1.807) is 0 Å². The van der Waals surface area contributed by atoms with Crippen molar-refractivity contribution >= 4 is 0 Å². The van der Waals surface area contributed by atoms with Crippen LogP contribution in [-0.2, 0) is 12.8 Å². The van der Waals surface area contributed by atoms with E-state index in [0.717, 1.165) is 100 Å². The summed E-state index contributed by atoms with van der Waals surface area (Å²) in [6, 6.07) is 18.7. The first-order chi connectivity index (χ1) is 33.0. The molecular weight excluding hydrogens is 882 g/mol. The molecule has 0 heterocycles. The molecule has 8 aliphatic carbocycles. The number of hydrogen-bond acceptors (Lipinski definition) is 5. The third-order valence-corrected chi connectivity index (χ3v) is 24.7. The van der Waals surface area contributed by atoms with Crippen molar-refractivity contribution in [1.29, 1.82) is 0 Å². The van der Waals surface area contributed by atoms with Gasteiger partial charge in [-0.1, -0.05) is 96.1 Å². The number of alkyl halides is 3. The van der Waals surface area contributed by atoms with E-state index in [9.17, 15) is 38.7 Å². The Labute approximate surface area is 419 Å². The Hall–Kier alpha value is -1.97. The molecule has 2 aromatic carbocycles. The molecule has 0 aromatic heterocycles. The minimum Gasteiger partial charge on any atom is -0.393 e. The summed E-state index contributed by atoms with van der Waals surface area (Å²) in [5.74, 6) is 5.21. The van der Waals surface area contributed by atoms with Crippen molar-refractivity contribution in [2.75, 3.05) is 0 Å². The lowest BCUT2D eigenvalue weighted by Crippen LogP contribution is -2.59. The van der Waals surface area contributed by atoms with Gasteiger partial charge in [0, 0.05) is 6.42 Å². The Kier molecular flexibility index (Phi) is 13.8. The molecule has 5 N–H and O–H groups in total. The number of aliphatic hydroxyl groups excluding tert-OH is 3. The first-order valence-corrected chi connectivity index (χ1v) is 28.7. The molecule has 10 rings (SSSR count). The summed E-state index contributed by atoms with van der Waals surface area (Å²) in [6.07, 6.45) is 12.6. The van der Waals surface area contributed by atoms with Gasteiger partial charge < -0.3 is 25.5 Å². The SMILES string of the molecule is C[C@H]([C@H](O)C[C@@H](O)c1ccc(CC[C@]2(O)CC[C@@]3(C)[C@@H](CC[C@@H]4[C@@H]3CC[C@]3(C)[C@@H]([C@H](C)[C@@H](O)Cc5ccccc5)CC[C@@H]43)C2)cc1)[C@H]1CC[C@H]2[C@@H]3CC[C@H]4C[C@](O)(C(F)(F)F)CC[C@]4(C)[C@H]3CC[C@]12C. The number of fused-ring (bicyclic) bond motifs is 10. The monoisotopic (exact) mass is 973 g/mol. The van der Waals surface area contributed by atoms with Crippen LogP contribution in [0.5, 0.6) is 0 Å². The van der Waals surface area contributed by atoms with Crippen LogP contribution in [-0.4, -0.2) is 55.1 Å². The van der Waals surface area contributed by atoms with E-state index in [0.29, 0.717) is 47.3 Å². The molecule has 8 saturated carbocycles. The van der Waals surface area contributed by atoms with Crippen LogP contribution in [0.3, 0.4) is 0 Å². The first-order valence-electron chi connectivity index (χ1n) is 28.7. The summed E-state index contributed by atoms with van der Waals surface area (Å²) in [7, 11) is 0. The average Bonchev–Trinajstić information content (AvgIpc) is 3.87. The van der Waals surface area contributed by atoms with Gasteiger partial charge in [-0.15, -0.1) is 0 Å². The average molecular weight is 973 g/mol. The zero-order valence-electron chi connectivity index (χ0n) is 43.8. The summed E-state index contributed by atoms with van der Waals surface area (Å²) < 4.78 is 41.7. The van der Waals surface area contributed by atoms with Crippen molar-refractivity contribution in [1.82, 2.24) is 0 Å². The molecule has 0 radical (unpaired) electrons. The number of hydrogen-bond donors (Lipinski definition) is 5. The fraction of sp³-hybridized carbons (Fsp3) is 0.806. The van der Waals surface area contributed by atoms with Crippen LogP contribution in [0, 0.1) is 92.7 Å². The second-order valence-electron chi connectivity index (χ2n) is 27.5. The van der Waals surface area contributed by atoms with Gasteiger partial charge in [0.25, 0.3) is 0 Å². The van der Waals surface area contributed by atoms with E-state index in [1.807, 2.05) is 18.2 Å². The maximum Gasteiger partial charge on any atom is 0.417 e. The molecule has 5 nitrogen and oxygen atoms in total. The lowest BCUT2D eigenvalue weighted by Gasteiger charge is -2.62. The van der Waals surface area contributed by atoms with Crippen molar-refractivity contribution in [3.05, 3.63) is 71.3 Å². The summed E-state index contributed by atoms with van der Waals surface area (Å²) in [5.41, 5.74) is 0.466. The van der Waals surface area contributed by atoms with Gasteiger partial charge in [0.1, 0.15) is 0 Å². The van der Waals surface area contributed by atoms with Gasteiger partial charge in [0.05, 0.1) is 23.9 Å². The fourth-order valence-corrected chi connectivity index (χ4v) is 20.3.